The zero-order valence-electron chi connectivity index (χ0n) is 7.41. The summed E-state index contributed by atoms with van der Waals surface area (Å²) in [6.07, 6.45) is 3.04. The van der Waals surface area contributed by atoms with Gasteiger partial charge >= 0.3 is 0 Å². The highest BCUT2D eigenvalue weighted by Crippen LogP contribution is 1.90. The number of hydrogen-bond acceptors (Lipinski definition) is 2. The van der Waals surface area contributed by atoms with E-state index in [1.54, 1.807) is 19.9 Å². The maximum atomic E-state index is 11.1. The van der Waals surface area contributed by atoms with Crippen molar-refractivity contribution in [3.05, 3.63) is 12.2 Å². The van der Waals surface area contributed by atoms with Crippen LogP contribution in [0.15, 0.2) is 12.2 Å². The number of carbonyl (C=O) groups is 2. The molecule has 0 atom stereocenters. The first kappa shape index (κ1) is 10.7. The van der Waals surface area contributed by atoms with Crippen molar-refractivity contribution in [2.75, 3.05) is 13.1 Å². The van der Waals surface area contributed by atoms with E-state index in [1.807, 2.05) is 0 Å². The molecule has 0 heterocycles. The summed E-state index contributed by atoms with van der Waals surface area (Å²) in [5, 5.41) is 0. The standard InChI is InChI=1S/C8H14N2O2/c1-3-5-8(12)10(4-2)6-7(9)11/h3,5H,4,6H2,1-2H3,(H2,9,11)/b5-3+. The Kier molecular flexibility index (Phi) is 4.76. The molecule has 0 aromatic heterocycles. The van der Waals surface area contributed by atoms with Gasteiger partial charge in [0.15, 0.2) is 0 Å². The van der Waals surface area contributed by atoms with E-state index < -0.39 is 5.91 Å². The van der Waals surface area contributed by atoms with E-state index in [9.17, 15) is 9.59 Å². The van der Waals surface area contributed by atoms with Crippen molar-refractivity contribution in [2.24, 2.45) is 5.73 Å². The normalized spacial score (nSPS) is 10.2. The molecule has 0 bridgehead atoms. The fourth-order valence-corrected chi connectivity index (χ4v) is 0.782. The van der Waals surface area contributed by atoms with E-state index in [2.05, 4.69) is 0 Å². The van der Waals surface area contributed by atoms with Crippen molar-refractivity contribution in [2.45, 2.75) is 13.8 Å². The second-order valence-electron chi connectivity index (χ2n) is 2.32. The zero-order valence-corrected chi connectivity index (χ0v) is 7.41. The van der Waals surface area contributed by atoms with Crippen LogP contribution in [0.5, 0.6) is 0 Å². The topological polar surface area (TPSA) is 63.4 Å². The predicted octanol–water partition coefficient (Wildman–Crippen LogP) is -0.104. The smallest absolute Gasteiger partial charge is 0.246 e. The Labute approximate surface area is 72.0 Å². The summed E-state index contributed by atoms with van der Waals surface area (Å²) in [6, 6.07) is 0. The van der Waals surface area contributed by atoms with Crippen molar-refractivity contribution in [3.8, 4) is 0 Å². The first-order chi connectivity index (χ1) is 5.61. The molecule has 0 radical (unpaired) electrons. The molecule has 0 aliphatic carbocycles. The van der Waals surface area contributed by atoms with Gasteiger partial charge in [-0.05, 0) is 19.9 Å². The molecule has 0 aliphatic heterocycles. The monoisotopic (exact) mass is 170 g/mol. The number of nitrogens with two attached hydrogens (primary N) is 1. The molecule has 0 fully saturated rings. The van der Waals surface area contributed by atoms with E-state index >= 15 is 0 Å². The van der Waals surface area contributed by atoms with Gasteiger partial charge in [0.05, 0.1) is 6.54 Å². The SMILES string of the molecule is C/C=C/C(=O)N(CC)CC(N)=O. The van der Waals surface area contributed by atoms with Gasteiger partial charge in [0, 0.05) is 6.54 Å². The maximum Gasteiger partial charge on any atom is 0.246 e. The molecule has 0 aliphatic rings. The van der Waals surface area contributed by atoms with Crippen LogP contribution >= 0.6 is 0 Å². The van der Waals surface area contributed by atoms with Crippen LogP contribution in [0.4, 0.5) is 0 Å². The van der Waals surface area contributed by atoms with Crippen molar-refractivity contribution >= 4 is 11.8 Å². The van der Waals surface area contributed by atoms with E-state index in [0.29, 0.717) is 6.54 Å². The molecule has 68 valence electrons. The van der Waals surface area contributed by atoms with Crippen LogP contribution < -0.4 is 5.73 Å². The lowest BCUT2D eigenvalue weighted by molar-refractivity contribution is -0.131. The van der Waals surface area contributed by atoms with Crippen LogP contribution in [0.1, 0.15) is 13.8 Å². The summed E-state index contributed by atoms with van der Waals surface area (Å²) in [5.74, 6) is -0.673. The Hall–Kier alpha value is -1.32. The van der Waals surface area contributed by atoms with Crippen molar-refractivity contribution in [1.82, 2.24) is 4.90 Å². The third kappa shape index (κ3) is 3.75. The van der Waals surface area contributed by atoms with Gasteiger partial charge in [-0.3, -0.25) is 9.59 Å². The van der Waals surface area contributed by atoms with E-state index in [4.69, 9.17) is 5.73 Å². The third-order valence-corrected chi connectivity index (χ3v) is 1.35. The molecule has 2 N–H and O–H groups in total. The summed E-state index contributed by atoms with van der Waals surface area (Å²) < 4.78 is 0. The molecule has 12 heavy (non-hydrogen) atoms. The molecule has 0 spiro atoms. The van der Waals surface area contributed by atoms with E-state index in [-0.39, 0.29) is 12.5 Å². The average molecular weight is 170 g/mol. The molecule has 4 heteroatoms. The largest absolute Gasteiger partial charge is 0.368 e. The Morgan fingerprint density at radius 1 is 1.50 bits per heavy atom. The van der Waals surface area contributed by atoms with Gasteiger partial charge in [-0.25, -0.2) is 0 Å². The summed E-state index contributed by atoms with van der Waals surface area (Å²) in [6.45, 7) is 4.02. The summed E-state index contributed by atoms with van der Waals surface area (Å²) in [4.78, 5) is 23.0. The molecular formula is C8H14N2O2. The molecule has 4 nitrogen and oxygen atoms in total. The second-order valence-corrected chi connectivity index (χ2v) is 2.32. The van der Waals surface area contributed by atoms with Gasteiger partial charge in [-0.2, -0.15) is 0 Å². The van der Waals surface area contributed by atoms with E-state index in [1.165, 1.54) is 11.0 Å². The van der Waals surface area contributed by atoms with Crippen molar-refractivity contribution in [3.63, 3.8) is 0 Å². The van der Waals surface area contributed by atoms with Gasteiger partial charge in [0.1, 0.15) is 0 Å². The molecule has 2 amide bonds. The number of amides is 2. The molecule has 0 unspecified atom stereocenters. The Bertz CT molecular complexity index is 199. The van der Waals surface area contributed by atoms with E-state index in [0.717, 1.165) is 0 Å². The summed E-state index contributed by atoms with van der Waals surface area (Å²) in [7, 11) is 0. The molecule has 0 saturated heterocycles. The highest BCUT2D eigenvalue weighted by Gasteiger charge is 2.09. The lowest BCUT2D eigenvalue weighted by Gasteiger charge is -2.16. The number of nitrogens with zero attached hydrogens (tertiary/aromatic N) is 1. The molecule has 0 saturated carbocycles. The number of primary amides is 1. The first-order valence-electron chi connectivity index (χ1n) is 3.81. The van der Waals surface area contributed by atoms with Crippen molar-refractivity contribution in [1.29, 1.82) is 0 Å². The molecule has 0 rings (SSSR count). The minimum absolute atomic E-state index is 0.0142. The van der Waals surface area contributed by atoms with Gasteiger partial charge < -0.3 is 10.6 Å². The van der Waals surface area contributed by atoms with Crippen LogP contribution in [0, 0.1) is 0 Å². The third-order valence-electron chi connectivity index (χ3n) is 1.35. The molecule has 0 aromatic carbocycles. The number of hydrogen-bond donors (Lipinski definition) is 1. The fourth-order valence-electron chi connectivity index (χ4n) is 0.782. The number of rotatable bonds is 4. The second kappa shape index (κ2) is 5.35. The Morgan fingerprint density at radius 2 is 2.08 bits per heavy atom. The number of likely N-dealkylation sites (N-methyl/N-ethyl adjacent to an activating group) is 1. The first-order valence-corrected chi connectivity index (χ1v) is 3.81. The minimum Gasteiger partial charge on any atom is -0.368 e. The number of allylic oxidation sites excluding steroid dienone is 1. The van der Waals surface area contributed by atoms with Crippen molar-refractivity contribution < 1.29 is 9.59 Å². The fraction of sp³-hybridized carbons (Fsp3) is 0.500. The minimum atomic E-state index is -0.491. The van der Waals surface area contributed by atoms with Crippen LogP contribution in [0.2, 0.25) is 0 Å². The highest BCUT2D eigenvalue weighted by molar-refractivity contribution is 5.90. The predicted molar refractivity (Wildman–Crippen MR) is 46.3 cm³/mol. The van der Waals surface area contributed by atoms with Crippen LogP contribution in [0.3, 0.4) is 0 Å². The lowest BCUT2D eigenvalue weighted by atomic mass is 10.4. The van der Waals surface area contributed by atoms with Gasteiger partial charge in [0.25, 0.3) is 0 Å². The number of carbonyl (C=O) groups excluding carboxylic acids is 2. The van der Waals surface area contributed by atoms with Crippen LogP contribution in [-0.4, -0.2) is 29.8 Å². The molecule has 0 aromatic rings. The van der Waals surface area contributed by atoms with Gasteiger partial charge in [-0.1, -0.05) is 6.08 Å². The lowest BCUT2D eigenvalue weighted by Crippen LogP contribution is -2.37. The molecular weight excluding hydrogens is 156 g/mol. The zero-order chi connectivity index (χ0) is 9.56. The maximum absolute atomic E-state index is 11.1. The van der Waals surface area contributed by atoms with Gasteiger partial charge in [0.2, 0.25) is 11.8 Å². The quantitative estimate of drug-likeness (QED) is 0.599. The van der Waals surface area contributed by atoms with Crippen LogP contribution in [-0.2, 0) is 9.59 Å². The van der Waals surface area contributed by atoms with Gasteiger partial charge in [-0.15, -0.1) is 0 Å². The highest BCUT2D eigenvalue weighted by atomic mass is 16.2. The Morgan fingerprint density at radius 3 is 2.42 bits per heavy atom. The summed E-state index contributed by atoms with van der Waals surface area (Å²) >= 11 is 0. The summed E-state index contributed by atoms with van der Waals surface area (Å²) in [5.41, 5.74) is 4.95. The van der Waals surface area contributed by atoms with Crippen LogP contribution in [0.25, 0.3) is 0 Å². The Balaban J connectivity index is 4.14. The average Bonchev–Trinajstić information content (AvgIpc) is 2.00.